The maximum Gasteiger partial charge on any atom is 0.0559 e. The Hall–Kier alpha value is -7.16. The molecule has 1 unspecified atom stereocenters. The summed E-state index contributed by atoms with van der Waals surface area (Å²) >= 11 is 0. The summed E-state index contributed by atoms with van der Waals surface area (Å²) in [5.74, 6) is 0. The van der Waals surface area contributed by atoms with Crippen molar-refractivity contribution in [3.8, 4) is 22.3 Å². The van der Waals surface area contributed by atoms with E-state index in [0.717, 1.165) is 23.5 Å². The van der Waals surface area contributed by atoms with Gasteiger partial charge in [-0.05, 0) is 159 Å². The Balaban J connectivity index is 1.08. The van der Waals surface area contributed by atoms with Gasteiger partial charge in [0.15, 0.2) is 0 Å². The van der Waals surface area contributed by atoms with Crippen LogP contribution in [0.25, 0.3) is 54.6 Å². The molecule has 9 aromatic carbocycles. The van der Waals surface area contributed by atoms with Crippen molar-refractivity contribution in [2.24, 2.45) is 0 Å². The summed E-state index contributed by atoms with van der Waals surface area (Å²) in [5, 5.41) is 7.56. The normalized spacial score (nSPS) is 13.7. The zero-order chi connectivity index (χ0) is 39.0. The van der Waals surface area contributed by atoms with Gasteiger partial charge in [-0.1, -0.05) is 140 Å². The van der Waals surface area contributed by atoms with Crippen molar-refractivity contribution < 1.29 is 0 Å². The monoisotopic (exact) mass is 744 g/mol. The van der Waals surface area contributed by atoms with E-state index in [4.69, 9.17) is 0 Å². The summed E-state index contributed by atoms with van der Waals surface area (Å²) in [6.07, 6.45) is 9.86. The zero-order valence-corrected chi connectivity index (χ0v) is 32.9. The first-order valence-electron chi connectivity index (χ1n) is 20.3. The third kappa shape index (κ3) is 6.53. The number of aryl methyl sites for hydroxylation is 2. The molecule has 0 saturated heterocycles. The first kappa shape index (κ1) is 35.3. The van der Waals surface area contributed by atoms with Crippen molar-refractivity contribution in [1.29, 1.82) is 0 Å². The minimum atomic E-state index is 0.256. The van der Waals surface area contributed by atoms with Crippen molar-refractivity contribution in [2.75, 3.05) is 9.80 Å². The molecule has 0 spiro atoms. The van der Waals surface area contributed by atoms with Gasteiger partial charge < -0.3 is 9.80 Å². The number of anilines is 5. The lowest BCUT2D eigenvalue weighted by Crippen LogP contribution is -2.29. The molecule has 0 aliphatic heterocycles. The molecular weight excluding hydrogens is 701 g/mol. The number of rotatable bonds is 8. The van der Waals surface area contributed by atoms with Crippen LogP contribution < -0.4 is 9.80 Å². The van der Waals surface area contributed by atoms with Crippen LogP contribution in [0.2, 0.25) is 0 Å². The fourth-order valence-electron chi connectivity index (χ4n) is 8.88. The van der Waals surface area contributed by atoms with Crippen LogP contribution in [0.5, 0.6) is 0 Å². The molecule has 0 radical (unpaired) electrons. The molecule has 1 atom stereocenters. The molecule has 2 heteroatoms. The highest BCUT2D eigenvalue weighted by Gasteiger charge is 2.21. The van der Waals surface area contributed by atoms with Crippen LogP contribution >= 0.6 is 0 Å². The second-order valence-corrected chi connectivity index (χ2v) is 15.5. The number of nitrogens with zero attached hydrogens (tertiary/aromatic N) is 2. The maximum atomic E-state index is 2.47. The first-order chi connectivity index (χ1) is 28.6. The van der Waals surface area contributed by atoms with E-state index in [9.17, 15) is 0 Å². The maximum absolute atomic E-state index is 2.47. The van der Waals surface area contributed by atoms with E-state index in [1.165, 1.54) is 77.1 Å². The Labute approximate surface area is 341 Å². The van der Waals surface area contributed by atoms with Crippen LogP contribution in [-0.2, 0) is 0 Å². The molecule has 0 heterocycles. The van der Waals surface area contributed by atoms with Gasteiger partial charge in [-0.15, -0.1) is 0 Å². The van der Waals surface area contributed by atoms with E-state index in [-0.39, 0.29) is 6.04 Å². The molecule has 0 fully saturated rings. The number of hydrogen-bond donors (Lipinski definition) is 0. The van der Waals surface area contributed by atoms with E-state index in [2.05, 4.69) is 236 Å². The van der Waals surface area contributed by atoms with Gasteiger partial charge >= 0.3 is 0 Å². The quantitative estimate of drug-likeness (QED) is 0.143. The number of benzene rings is 9. The van der Waals surface area contributed by atoms with Gasteiger partial charge in [0.1, 0.15) is 0 Å². The van der Waals surface area contributed by atoms with Crippen LogP contribution in [0.1, 0.15) is 17.5 Å². The van der Waals surface area contributed by atoms with Gasteiger partial charge in [0, 0.05) is 28.4 Å². The molecule has 0 aromatic heterocycles. The summed E-state index contributed by atoms with van der Waals surface area (Å²) in [6, 6.07) is 69.4. The predicted octanol–water partition coefficient (Wildman–Crippen LogP) is 15.6. The lowest BCUT2D eigenvalue weighted by atomic mass is 9.87. The van der Waals surface area contributed by atoms with E-state index in [0.29, 0.717) is 0 Å². The summed E-state index contributed by atoms with van der Waals surface area (Å²) in [6.45, 7) is 4.32. The molecule has 0 amide bonds. The number of hydrogen-bond acceptors (Lipinski definition) is 2. The fourth-order valence-corrected chi connectivity index (χ4v) is 8.88. The molecule has 1 aliphatic rings. The highest BCUT2D eigenvalue weighted by Crippen LogP contribution is 2.43. The van der Waals surface area contributed by atoms with Crippen molar-refractivity contribution in [3.63, 3.8) is 0 Å². The highest BCUT2D eigenvalue weighted by atomic mass is 15.2. The van der Waals surface area contributed by atoms with Gasteiger partial charge in [0.2, 0.25) is 0 Å². The average molecular weight is 745 g/mol. The summed E-state index contributed by atoms with van der Waals surface area (Å²) in [5.41, 5.74) is 13.2. The molecule has 1 aliphatic carbocycles. The molecule has 10 rings (SSSR count). The molecule has 0 bridgehead atoms. The number of allylic oxidation sites excluding steroid dienone is 2. The lowest BCUT2D eigenvalue weighted by molar-refractivity contribution is 0.785. The first-order valence-corrected chi connectivity index (χ1v) is 20.3. The summed E-state index contributed by atoms with van der Waals surface area (Å²) < 4.78 is 0. The average Bonchev–Trinajstić information content (AvgIpc) is 3.27. The molecule has 0 N–H and O–H groups in total. The van der Waals surface area contributed by atoms with Gasteiger partial charge in [-0.2, -0.15) is 0 Å². The van der Waals surface area contributed by atoms with Crippen molar-refractivity contribution in [1.82, 2.24) is 0 Å². The van der Waals surface area contributed by atoms with E-state index in [1.54, 1.807) is 0 Å². The van der Waals surface area contributed by atoms with Gasteiger partial charge in [-0.3, -0.25) is 0 Å². The molecule has 0 saturated carbocycles. The molecular formula is C56H44N2. The zero-order valence-electron chi connectivity index (χ0n) is 32.9. The Kier molecular flexibility index (Phi) is 9.16. The number of fused-ring (bicyclic) bond motifs is 5. The lowest BCUT2D eigenvalue weighted by Gasteiger charge is -2.33. The van der Waals surface area contributed by atoms with Crippen molar-refractivity contribution in [2.45, 2.75) is 26.3 Å². The molecule has 58 heavy (non-hydrogen) atoms. The Bertz CT molecular complexity index is 2990. The van der Waals surface area contributed by atoms with E-state index in [1.807, 2.05) is 0 Å². The third-order valence-corrected chi connectivity index (χ3v) is 11.6. The molecule has 9 aromatic rings. The van der Waals surface area contributed by atoms with Crippen LogP contribution in [0, 0.1) is 13.8 Å². The Morgan fingerprint density at radius 1 is 0.379 bits per heavy atom. The van der Waals surface area contributed by atoms with E-state index < -0.39 is 0 Å². The van der Waals surface area contributed by atoms with Gasteiger partial charge in [0.25, 0.3) is 0 Å². The van der Waals surface area contributed by atoms with Crippen molar-refractivity contribution >= 4 is 60.8 Å². The van der Waals surface area contributed by atoms with E-state index >= 15 is 0 Å². The predicted molar refractivity (Wildman–Crippen MR) is 249 cm³/mol. The second kappa shape index (κ2) is 15.1. The molecule has 278 valence electrons. The van der Waals surface area contributed by atoms with Crippen LogP contribution in [0.4, 0.5) is 28.4 Å². The SMILES string of the molecule is Cc1cccc(N(c2ccccc2)c2ccc(-c3cc4c5ccccc5c(-c5ccc(N(c6cccc(C)c6)C6C=CC=CC6)cc5)cc4c4ccccc34)cc2)c1. The topological polar surface area (TPSA) is 6.48 Å². The molecule has 2 nitrogen and oxygen atoms in total. The Morgan fingerprint density at radius 3 is 1.41 bits per heavy atom. The van der Waals surface area contributed by atoms with Crippen LogP contribution in [0.15, 0.2) is 212 Å². The smallest absolute Gasteiger partial charge is 0.0559 e. The highest BCUT2D eigenvalue weighted by molar-refractivity contribution is 6.23. The van der Waals surface area contributed by atoms with Crippen LogP contribution in [0.3, 0.4) is 0 Å². The van der Waals surface area contributed by atoms with Gasteiger partial charge in [-0.25, -0.2) is 0 Å². The largest absolute Gasteiger partial charge is 0.334 e. The minimum Gasteiger partial charge on any atom is -0.334 e. The minimum absolute atomic E-state index is 0.256. The summed E-state index contributed by atoms with van der Waals surface area (Å²) in [4.78, 5) is 4.81. The number of para-hydroxylation sites is 1. The fraction of sp³-hybridized carbons (Fsp3) is 0.0714. The third-order valence-electron chi connectivity index (χ3n) is 11.6. The standard InChI is InChI=1S/C56H44N2/c1-39-15-13-21-47(35-39)57(43-17-5-3-6-18-43)45-31-27-41(28-32-45)53-37-55-52-26-12-10-24-50(52)54(38-56(55)51-25-11-9-23-49(51)53)42-29-33-46(34-30-42)58(44-19-7-4-8-20-44)48-22-14-16-40(2)36-48/h3-19,21-38,44H,20H2,1-2H3. The van der Waals surface area contributed by atoms with Crippen molar-refractivity contribution in [3.05, 3.63) is 223 Å². The summed E-state index contributed by atoms with van der Waals surface area (Å²) in [7, 11) is 0. The Morgan fingerprint density at radius 2 is 0.862 bits per heavy atom. The second-order valence-electron chi connectivity index (χ2n) is 15.5. The van der Waals surface area contributed by atoms with Gasteiger partial charge in [0.05, 0.1) is 6.04 Å². The van der Waals surface area contributed by atoms with Crippen LogP contribution in [-0.4, -0.2) is 6.04 Å².